The highest BCUT2D eigenvalue weighted by molar-refractivity contribution is 7.97. The Morgan fingerprint density at radius 1 is 1.39 bits per heavy atom. The van der Waals surface area contributed by atoms with Gasteiger partial charge < -0.3 is 0 Å². The molecule has 0 heterocycles. The lowest BCUT2D eigenvalue weighted by atomic mass is 9.96. The minimum Gasteiger partial charge on any atom is -0.238 e. The average molecular weight is 269 g/mol. The largest absolute Gasteiger partial charge is 0.238 e. The summed E-state index contributed by atoms with van der Waals surface area (Å²) in [4.78, 5) is 0. The Hall–Kier alpha value is -0.540. The van der Waals surface area contributed by atoms with Gasteiger partial charge in [0.1, 0.15) is 6.17 Å². The summed E-state index contributed by atoms with van der Waals surface area (Å²) < 4.78 is 16.0. The molecule has 1 aliphatic rings. The third-order valence-electron chi connectivity index (χ3n) is 2.97. The predicted molar refractivity (Wildman–Crippen MR) is 80.5 cm³/mol. The quantitative estimate of drug-likeness (QED) is 0.532. The lowest BCUT2D eigenvalue weighted by Crippen LogP contribution is -2.39. The Kier molecular flexibility index (Phi) is 6.16. The molecule has 2 atom stereocenters. The van der Waals surface area contributed by atoms with E-state index in [0.717, 1.165) is 24.3 Å². The second-order valence-corrected chi connectivity index (χ2v) is 6.07. The zero-order valence-electron chi connectivity index (χ0n) is 11.8. The molecule has 1 aliphatic carbocycles. The fourth-order valence-electron chi connectivity index (χ4n) is 1.97. The van der Waals surface area contributed by atoms with E-state index in [1.165, 1.54) is 0 Å². The number of allylic oxidation sites excluding steroid dienone is 4. The van der Waals surface area contributed by atoms with Gasteiger partial charge in [0.25, 0.3) is 0 Å². The van der Waals surface area contributed by atoms with Crippen molar-refractivity contribution < 1.29 is 4.39 Å². The molecule has 0 spiro atoms. The Morgan fingerprint density at radius 3 is 2.72 bits per heavy atom. The van der Waals surface area contributed by atoms with E-state index in [1.54, 1.807) is 12.2 Å². The van der Waals surface area contributed by atoms with E-state index in [2.05, 4.69) is 31.2 Å². The van der Waals surface area contributed by atoms with Crippen LogP contribution in [0.5, 0.6) is 0 Å². The van der Waals surface area contributed by atoms with Crippen LogP contribution in [0.15, 0.2) is 36.0 Å². The first-order valence-corrected chi connectivity index (χ1v) is 7.57. The van der Waals surface area contributed by atoms with Crippen LogP contribution in [0.3, 0.4) is 0 Å². The minimum absolute atomic E-state index is 0.212. The maximum Gasteiger partial charge on any atom is 0.137 e. The van der Waals surface area contributed by atoms with Crippen molar-refractivity contribution in [3.05, 3.63) is 36.0 Å². The van der Waals surface area contributed by atoms with Crippen LogP contribution in [-0.4, -0.2) is 28.3 Å². The van der Waals surface area contributed by atoms with Gasteiger partial charge in [-0.2, -0.15) is 0 Å². The number of nitrogens with zero attached hydrogens (tertiary/aromatic N) is 1. The topological polar surface area (TPSA) is 3.24 Å². The van der Waals surface area contributed by atoms with Crippen molar-refractivity contribution in [2.75, 3.05) is 12.3 Å². The van der Waals surface area contributed by atoms with Crippen molar-refractivity contribution in [1.82, 2.24) is 4.31 Å². The molecule has 0 aromatic rings. The Bertz CT molecular complexity index is 342. The van der Waals surface area contributed by atoms with Crippen LogP contribution in [0.2, 0.25) is 0 Å². The standard InChI is InChI=1S/C15H24FNS/c1-5-11-17(18-6-2)15(4)9-7-13(3)12-14(16)8-10-15/h7-10,12,14H,5-6,11H2,1-4H3/b9-7-,10-8-,13-12-. The molecule has 0 bridgehead atoms. The molecule has 1 rings (SSSR count). The van der Waals surface area contributed by atoms with Gasteiger partial charge >= 0.3 is 0 Å². The monoisotopic (exact) mass is 269 g/mol. The SMILES string of the molecule is CCCN(SCC)C1(C)/C=C\C(C)=C/C(F)/C=C\1. The highest BCUT2D eigenvalue weighted by atomic mass is 32.2. The lowest BCUT2D eigenvalue weighted by Gasteiger charge is -2.36. The van der Waals surface area contributed by atoms with Gasteiger partial charge in [-0.1, -0.05) is 49.6 Å². The highest BCUT2D eigenvalue weighted by Gasteiger charge is 2.27. The second kappa shape index (κ2) is 7.15. The van der Waals surface area contributed by atoms with Crippen molar-refractivity contribution in [2.45, 2.75) is 45.8 Å². The first-order valence-electron chi connectivity index (χ1n) is 6.63. The van der Waals surface area contributed by atoms with Crippen molar-refractivity contribution in [1.29, 1.82) is 0 Å². The summed E-state index contributed by atoms with van der Waals surface area (Å²) in [6.45, 7) is 9.41. The molecule has 0 aromatic carbocycles. The highest BCUT2D eigenvalue weighted by Crippen LogP contribution is 2.29. The summed E-state index contributed by atoms with van der Waals surface area (Å²) in [6.07, 6.45) is 9.59. The number of rotatable bonds is 5. The van der Waals surface area contributed by atoms with Gasteiger partial charge in [-0.15, -0.1) is 0 Å². The van der Waals surface area contributed by atoms with Gasteiger partial charge in [0, 0.05) is 12.3 Å². The maximum absolute atomic E-state index is 13.6. The van der Waals surface area contributed by atoms with Crippen molar-refractivity contribution in [2.24, 2.45) is 0 Å². The van der Waals surface area contributed by atoms with E-state index in [-0.39, 0.29) is 5.54 Å². The minimum atomic E-state index is -0.982. The van der Waals surface area contributed by atoms with E-state index in [9.17, 15) is 4.39 Å². The summed E-state index contributed by atoms with van der Waals surface area (Å²) in [5.74, 6) is 1.03. The Balaban J connectivity index is 3.00. The van der Waals surface area contributed by atoms with Gasteiger partial charge in [0.15, 0.2) is 0 Å². The van der Waals surface area contributed by atoms with Crippen LogP contribution >= 0.6 is 11.9 Å². The number of hydrogen-bond donors (Lipinski definition) is 0. The molecule has 0 saturated carbocycles. The lowest BCUT2D eigenvalue weighted by molar-refractivity contribution is 0.341. The van der Waals surface area contributed by atoms with E-state index >= 15 is 0 Å². The predicted octanol–water partition coefficient (Wildman–Crippen LogP) is 4.54. The summed E-state index contributed by atoms with van der Waals surface area (Å²) in [6, 6.07) is 0. The van der Waals surface area contributed by atoms with Gasteiger partial charge in [0.05, 0.1) is 5.54 Å². The summed E-state index contributed by atoms with van der Waals surface area (Å²) in [7, 11) is 0. The number of hydrogen-bond acceptors (Lipinski definition) is 2. The second-order valence-electron chi connectivity index (χ2n) is 4.79. The molecule has 0 aliphatic heterocycles. The molecular formula is C15H24FNS. The van der Waals surface area contributed by atoms with Gasteiger partial charge in [-0.05, 0) is 32.4 Å². The first kappa shape index (κ1) is 15.5. The van der Waals surface area contributed by atoms with E-state index < -0.39 is 6.17 Å². The molecule has 2 unspecified atom stereocenters. The van der Waals surface area contributed by atoms with Crippen molar-refractivity contribution >= 4 is 11.9 Å². The Labute approximate surface area is 115 Å². The molecule has 0 radical (unpaired) electrons. The average Bonchev–Trinajstić information content (AvgIpc) is 2.32. The molecule has 3 heteroatoms. The molecule has 0 fully saturated rings. The molecule has 0 saturated heterocycles. The van der Waals surface area contributed by atoms with Crippen molar-refractivity contribution in [3.63, 3.8) is 0 Å². The van der Waals surface area contributed by atoms with Crippen LogP contribution in [-0.2, 0) is 0 Å². The molecular weight excluding hydrogens is 245 g/mol. The smallest absolute Gasteiger partial charge is 0.137 e. The fraction of sp³-hybridized carbons (Fsp3) is 0.600. The van der Waals surface area contributed by atoms with Gasteiger partial charge in [0.2, 0.25) is 0 Å². The van der Waals surface area contributed by atoms with Crippen LogP contribution in [0.1, 0.15) is 34.1 Å². The Morgan fingerprint density at radius 2 is 2.11 bits per heavy atom. The fourth-order valence-corrected chi connectivity index (χ4v) is 3.00. The molecule has 1 nitrogen and oxygen atoms in total. The van der Waals surface area contributed by atoms with E-state index in [1.807, 2.05) is 31.0 Å². The molecule has 0 aromatic heterocycles. The van der Waals surface area contributed by atoms with Gasteiger partial charge in [-0.25, -0.2) is 8.70 Å². The molecule has 0 amide bonds. The zero-order chi connectivity index (χ0) is 13.6. The molecule has 0 N–H and O–H groups in total. The number of alkyl halides is 1. The third kappa shape index (κ3) is 4.29. The van der Waals surface area contributed by atoms with E-state index in [0.29, 0.717) is 0 Å². The molecule has 102 valence electrons. The first-order chi connectivity index (χ1) is 8.51. The van der Waals surface area contributed by atoms with E-state index in [4.69, 9.17) is 0 Å². The summed E-state index contributed by atoms with van der Waals surface area (Å²) in [5, 5.41) is 0. The number of halogens is 1. The van der Waals surface area contributed by atoms with Crippen molar-refractivity contribution in [3.8, 4) is 0 Å². The normalized spacial score (nSPS) is 34.6. The summed E-state index contributed by atoms with van der Waals surface area (Å²) >= 11 is 1.81. The molecule has 18 heavy (non-hydrogen) atoms. The summed E-state index contributed by atoms with van der Waals surface area (Å²) in [5.41, 5.74) is 0.771. The van der Waals surface area contributed by atoms with Crippen LogP contribution in [0.4, 0.5) is 4.39 Å². The van der Waals surface area contributed by atoms with Crippen LogP contribution < -0.4 is 0 Å². The third-order valence-corrected chi connectivity index (χ3v) is 4.12. The van der Waals surface area contributed by atoms with Crippen LogP contribution in [0.25, 0.3) is 0 Å². The maximum atomic E-state index is 13.6. The van der Waals surface area contributed by atoms with Gasteiger partial charge in [-0.3, -0.25) is 0 Å². The zero-order valence-corrected chi connectivity index (χ0v) is 12.6. The van der Waals surface area contributed by atoms with Crippen LogP contribution in [0, 0.1) is 0 Å².